The first-order valence-electron chi connectivity index (χ1n) is 7.75. The van der Waals surface area contributed by atoms with E-state index in [1.807, 2.05) is 36.4 Å². The molecule has 3 rings (SSSR count). The van der Waals surface area contributed by atoms with Crippen LogP contribution in [0.4, 0.5) is 0 Å². The molecule has 124 valence electrons. The SMILES string of the molecule is O=C([O-])c1cc(Cc2ccccc2)c(-c2ccccc2)c(C(=O)[O-])c1.[Na+].[Na+]. The van der Waals surface area contributed by atoms with Crippen LogP contribution in [0.3, 0.4) is 0 Å². The van der Waals surface area contributed by atoms with E-state index >= 15 is 0 Å². The van der Waals surface area contributed by atoms with E-state index in [-0.39, 0.29) is 70.2 Å². The molecule has 0 bridgehead atoms. The number of rotatable bonds is 5. The fraction of sp³-hybridized carbons (Fsp3) is 0.0476. The molecular weight excluding hydrogens is 362 g/mol. The summed E-state index contributed by atoms with van der Waals surface area (Å²) in [6.07, 6.45) is 0.395. The van der Waals surface area contributed by atoms with E-state index in [2.05, 4.69) is 0 Å². The molecule has 0 aliphatic carbocycles. The first-order chi connectivity index (χ1) is 12.1. The first-order valence-corrected chi connectivity index (χ1v) is 7.75. The summed E-state index contributed by atoms with van der Waals surface area (Å²) in [5.74, 6) is -2.84. The molecule has 0 fully saturated rings. The molecule has 0 aliphatic heterocycles. The molecule has 0 radical (unpaired) electrons. The molecule has 27 heavy (non-hydrogen) atoms. The summed E-state index contributed by atoms with van der Waals surface area (Å²) < 4.78 is 0. The Kier molecular flexibility index (Phi) is 9.47. The van der Waals surface area contributed by atoms with Crippen molar-refractivity contribution in [3.05, 3.63) is 95.1 Å². The van der Waals surface area contributed by atoms with Gasteiger partial charge in [0, 0.05) is 5.56 Å². The molecule has 0 saturated heterocycles. The van der Waals surface area contributed by atoms with E-state index in [0.29, 0.717) is 23.1 Å². The van der Waals surface area contributed by atoms with Crippen molar-refractivity contribution in [2.45, 2.75) is 6.42 Å². The summed E-state index contributed by atoms with van der Waals surface area (Å²) in [6.45, 7) is 0. The van der Waals surface area contributed by atoms with Gasteiger partial charge in [-0.2, -0.15) is 0 Å². The van der Waals surface area contributed by atoms with Gasteiger partial charge in [0.1, 0.15) is 0 Å². The minimum absolute atomic E-state index is 0. The number of aromatic carboxylic acids is 2. The quantitative estimate of drug-likeness (QED) is 0.422. The summed E-state index contributed by atoms with van der Waals surface area (Å²) in [6, 6.07) is 21.0. The third-order valence-electron chi connectivity index (χ3n) is 3.98. The number of hydrogen-bond acceptors (Lipinski definition) is 4. The largest absolute Gasteiger partial charge is 1.00 e. The Bertz CT molecular complexity index is 926. The van der Waals surface area contributed by atoms with Crippen molar-refractivity contribution < 1.29 is 78.9 Å². The number of carbonyl (C=O) groups excluding carboxylic acids is 2. The smallest absolute Gasteiger partial charge is 0.545 e. The van der Waals surface area contributed by atoms with Gasteiger partial charge < -0.3 is 19.8 Å². The van der Waals surface area contributed by atoms with Crippen LogP contribution in [0.15, 0.2) is 72.8 Å². The number of carbonyl (C=O) groups is 2. The van der Waals surface area contributed by atoms with Crippen LogP contribution in [-0.4, -0.2) is 11.9 Å². The van der Waals surface area contributed by atoms with E-state index in [1.165, 1.54) is 6.07 Å². The van der Waals surface area contributed by atoms with Crippen LogP contribution in [0.2, 0.25) is 0 Å². The summed E-state index contributed by atoms with van der Waals surface area (Å²) in [5.41, 5.74) is 2.37. The second-order valence-corrected chi connectivity index (χ2v) is 5.66. The standard InChI is InChI=1S/C21H16O4.2Na/c22-20(23)17-12-16(11-14-7-3-1-4-8-14)19(18(13-17)21(24)25)15-9-5-2-6-10-15;;/h1-10,12-13H,11H2,(H,22,23)(H,24,25);;/q;2*+1/p-2. The molecule has 3 aromatic rings. The average molecular weight is 376 g/mol. The second-order valence-electron chi connectivity index (χ2n) is 5.66. The van der Waals surface area contributed by atoms with Crippen LogP contribution < -0.4 is 69.3 Å². The van der Waals surface area contributed by atoms with Crippen molar-refractivity contribution in [2.24, 2.45) is 0 Å². The third kappa shape index (κ3) is 5.79. The zero-order chi connectivity index (χ0) is 17.8. The van der Waals surface area contributed by atoms with Crippen molar-refractivity contribution in [2.75, 3.05) is 0 Å². The van der Waals surface area contributed by atoms with Gasteiger partial charge in [0.2, 0.25) is 0 Å². The number of carboxylic acid groups (broad SMARTS) is 2. The Balaban J connectivity index is 0.00000182. The first kappa shape index (κ1) is 23.6. The fourth-order valence-corrected chi connectivity index (χ4v) is 2.88. The second kappa shape index (κ2) is 10.8. The third-order valence-corrected chi connectivity index (χ3v) is 3.98. The topological polar surface area (TPSA) is 80.3 Å². The maximum Gasteiger partial charge on any atom is 1.00 e. The molecule has 0 aromatic heterocycles. The molecule has 0 saturated carbocycles. The maximum atomic E-state index is 11.7. The summed E-state index contributed by atoms with van der Waals surface area (Å²) in [4.78, 5) is 23.0. The van der Waals surface area contributed by atoms with Crippen LogP contribution in [0.1, 0.15) is 31.8 Å². The monoisotopic (exact) mass is 376 g/mol. The Morgan fingerprint density at radius 1 is 0.741 bits per heavy atom. The van der Waals surface area contributed by atoms with Crippen LogP contribution >= 0.6 is 0 Å². The molecule has 0 unspecified atom stereocenters. The van der Waals surface area contributed by atoms with Gasteiger partial charge in [0.05, 0.1) is 11.9 Å². The molecule has 0 aliphatic rings. The average Bonchev–Trinajstić information content (AvgIpc) is 2.62. The Morgan fingerprint density at radius 3 is 1.81 bits per heavy atom. The molecule has 0 N–H and O–H groups in total. The van der Waals surface area contributed by atoms with Crippen molar-refractivity contribution in [1.82, 2.24) is 0 Å². The van der Waals surface area contributed by atoms with E-state index in [4.69, 9.17) is 0 Å². The molecule has 0 amide bonds. The fourth-order valence-electron chi connectivity index (χ4n) is 2.88. The van der Waals surface area contributed by atoms with Crippen LogP contribution in [0, 0.1) is 0 Å². The van der Waals surface area contributed by atoms with Crippen molar-refractivity contribution in [1.29, 1.82) is 0 Å². The van der Waals surface area contributed by atoms with Gasteiger partial charge in [-0.3, -0.25) is 0 Å². The van der Waals surface area contributed by atoms with E-state index < -0.39 is 11.9 Å². The minimum atomic E-state index is -1.42. The summed E-state index contributed by atoms with van der Waals surface area (Å²) in [7, 11) is 0. The summed E-state index contributed by atoms with van der Waals surface area (Å²) in [5, 5.41) is 23.0. The number of hydrogen-bond donors (Lipinski definition) is 0. The van der Waals surface area contributed by atoms with Gasteiger partial charge in [-0.15, -0.1) is 0 Å². The predicted octanol–water partition coefficient (Wildman–Crippen LogP) is -4.32. The van der Waals surface area contributed by atoms with Crippen LogP contribution in [0.25, 0.3) is 11.1 Å². The number of carboxylic acids is 2. The van der Waals surface area contributed by atoms with E-state index in [1.54, 1.807) is 24.3 Å². The van der Waals surface area contributed by atoms with Crippen molar-refractivity contribution in [3.8, 4) is 11.1 Å². The maximum absolute atomic E-state index is 11.7. The summed E-state index contributed by atoms with van der Waals surface area (Å²) >= 11 is 0. The molecule has 0 heterocycles. The van der Waals surface area contributed by atoms with E-state index in [0.717, 1.165) is 11.6 Å². The van der Waals surface area contributed by atoms with Crippen molar-refractivity contribution >= 4 is 11.9 Å². The molecule has 4 nitrogen and oxygen atoms in total. The van der Waals surface area contributed by atoms with Crippen LogP contribution in [-0.2, 0) is 6.42 Å². The zero-order valence-electron chi connectivity index (χ0n) is 15.3. The Hall–Kier alpha value is -1.40. The Labute approximate surface area is 201 Å². The van der Waals surface area contributed by atoms with Crippen LogP contribution in [0.5, 0.6) is 0 Å². The van der Waals surface area contributed by atoms with E-state index in [9.17, 15) is 19.8 Å². The molecule has 6 heteroatoms. The minimum Gasteiger partial charge on any atom is -0.545 e. The molecule has 0 spiro atoms. The molecule has 3 aromatic carbocycles. The predicted molar refractivity (Wildman–Crippen MR) is 89.8 cm³/mol. The molecule has 0 atom stereocenters. The van der Waals surface area contributed by atoms with Gasteiger partial charge in [-0.05, 0) is 46.4 Å². The van der Waals surface area contributed by atoms with Gasteiger partial charge in [-0.1, -0.05) is 60.7 Å². The van der Waals surface area contributed by atoms with Crippen molar-refractivity contribution in [3.63, 3.8) is 0 Å². The van der Waals surface area contributed by atoms with Gasteiger partial charge in [-0.25, -0.2) is 0 Å². The van der Waals surface area contributed by atoms with Gasteiger partial charge >= 0.3 is 59.1 Å². The number of benzene rings is 3. The van der Waals surface area contributed by atoms with Gasteiger partial charge in [0.15, 0.2) is 0 Å². The Morgan fingerprint density at radius 2 is 1.30 bits per heavy atom. The normalized spacial score (nSPS) is 9.63. The van der Waals surface area contributed by atoms with Gasteiger partial charge in [0.25, 0.3) is 0 Å². The zero-order valence-corrected chi connectivity index (χ0v) is 19.3. The molecular formula is C21H14Na2O4.